The van der Waals surface area contributed by atoms with Crippen molar-refractivity contribution >= 4 is 0 Å². The van der Waals surface area contributed by atoms with Crippen LogP contribution in [0.3, 0.4) is 0 Å². The van der Waals surface area contributed by atoms with Crippen molar-refractivity contribution in [1.82, 2.24) is 0 Å². The maximum Gasteiger partial charge on any atom is 0.164 e. The molecule has 0 saturated heterocycles. The molecule has 1 aliphatic carbocycles. The van der Waals surface area contributed by atoms with Crippen molar-refractivity contribution in [2.24, 2.45) is 0 Å². The molecule has 0 radical (unpaired) electrons. The van der Waals surface area contributed by atoms with E-state index < -0.39 is 48.5 Å². The molecule has 7 heteroatoms. The van der Waals surface area contributed by atoms with Crippen LogP contribution >= 0.6 is 0 Å². The van der Waals surface area contributed by atoms with E-state index in [2.05, 4.69) is 0 Å². The fraction of sp³-hybridized carbons (Fsp3) is 0.750. The first kappa shape index (κ1) is 12.2. The third-order valence-corrected chi connectivity index (χ3v) is 2.58. The Labute approximate surface area is 84.5 Å². The fourth-order valence-electron chi connectivity index (χ4n) is 1.55. The lowest BCUT2D eigenvalue weighted by atomic mass is 9.78. The van der Waals surface area contributed by atoms with E-state index in [1.807, 2.05) is 0 Å². The highest BCUT2D eigenvalue weighted by molar-refractivity contribution is 5.23. The van der Waals surface area contributed by atoms with Gasteiger partial charge in [-0.25, -0.2) is 0 Å². The summed E-state index contributed by atoms with van der Waals surface area (Å²) < 4.78 is 12.1. The largest absolute Gasteiger partial charge is 0.506 e. The number of aliphatic hydroxyl groups is 6. The zero-order valence-corrected chi connectivity index (χ0v) is 7.71. The Bertz CT molecular complexity index is 280. The molecule has 6 N–H and O–H groups in total. The van der Waals surface area contributed by atoms with Gasteiger partial charge in [-0.05, 0) is 0 Å². The maximum absolute atomic E-state index is 12.1. The molecule has 6 nitrogen and oxygen atoms in total. The second kappa shape index (κ2) is 3.93. The van der Waals surface area contributed by atoms with Crippen LogP contribution in [0, 0.1) is 0 Å². The van der Waals surface area contributed by atoms with Gasteiger partial charge in [0.15, 0.2) is 11.5 Å². The van der Waals surface area contributed by atoms with Gasteiger partial charge in [-0.3, -0.25) is 4.39 Å². The molecule has 0 spiro atoms. The standard InChI is InChI=1S/C8H13FO6/c9-2-1-8(15)6(13)4(11)3(10)5(12)7(8)14/h4,6-7,10-15H,1-2H2/t4?,6?,7?,8-/m1/s1. The average molecular weight is 224 g/mol. The number of halogens is 1. The molecule has 0 aromatic carbocycles. The molecular formula is C8H13FO6. The summed E-state index contributed by atoms with van der Waals surface area (Å²) >= 11 is 0. The van der Waals surface area contributed by atoms with Gasteiger partial charge in [0, 0.05) is 6.42 Å². The minimum atomic E-state index is -2.41. The smallest absolute Gasteiger partial charge is 0.164 e. The van der Waals surface area contributed by atoms with Gasteiger partial charge in [0.25, 0.3) is 0 Å². The SMILES string of the molecule is OC1=C(O)C(O)[C@@](O)(CCF)C(O)C1O. The van der Waals surface area contributed by atoms with Gasteiger partial charge in [0.2, 0.25) is 0 Å². The van der Waals surface area contributed by atoms with E-state index in [0.29, 0.717) is 0 Å². The number of aliphatic hydroxyl groups excluding tert-OH is 5. The minimum Gasteiger partial charge on any atom is -0.506 e. The van der Waals surface area contributed by atoms with Crippen LogP contribution in [0.4, 0.5) is 4.39 Å². The van der Waals surface area contributed by atoms with Gasteiger partial charge in [0.1, 0.15) is 23.9 Å². The highest BCUT2D eigenvalue weighted by Crippen LogP contribution is 2.34. The number of rotatable bonds is 2. The molecule has 88 valence electrons. The zero-order valence-electron chi connectivity index (χ0n) is 7.71. The minimum absolute atomic E-state index is 0.677. The highest BCUT2D eigenvalue weighted by Gasteiger charge is 2.53. The van der Waals surface area contributed by atoms with Gasteiger partial charge < -0.3 is 30.6 Å². The monoisotopic (exact) mass is 224 g/mol. The molecule has 0 fully saturated rings. The molecule has 0 bridgehead atoms. The number of hydrogen-bond donors (Lipinski definition) is 6. The van der Waals surface area contributed by atoms with Gasteiger partial charge >= 0.3 is 0 Å². The van der Waals surface area contributed by atoms with E-state index in [1.54, 1.807) is 0 Å². The lowest BCUT2D eigenvalue weighted by Gasteiger charge is -2.41. The molecule has 0 aromatic rings. The van der Waals surface area contributed by atoms with Crippen LogP contribution in [0.2, 0.25) is 0 Å². The first-order valence-electron chi connectivity index (χ1n) is 4.30. The van der Waals surface area contributed by atoms with Crippen LogP contribution in [0.5, 0.6) is 0 Å². The van der Waals surface area contributed by atoms with Gasteiger partial charge in [-0.2, -0.15) is 0 Å². The first-order chi connectivity index (χ1) is 6.86. The maximum atomic E-state index is 12.1. The Morgan fingerprint density at radius 2 is 1.67 bits per heavy atom. The Hall–Kier alpha value is -0.890. The van der Waals surface area contributed by atoms with E-state index in [4.69, 9.17) is 10.2 Å². The van der Waals surface area contributed by atoms with E-state index in [9.17, 15) is 24.8 Å². The van der Waals surface area contributed by atoms with E-state index in [0.717, 1.165) is 0 Å². The summed E-state index contributed by atoms with van der Waals surface area (Å²) in [4.78, 5) is 0. The van der Waals surface area contributed by atoms with Crippen molar-refractivity contribution < 1.29 is 35.0 Å². The van der Waals surface area contributed by atoms with Gasteiger partial charge in [0.05, 0.1) is 6.67 Å². The summed E-state index contributed by atoms with van der Waals surface area (Å²) in [5.74, 6) is -2.10. The highest BCUT2D eigenvalue weighted by atomic mass is 19.1. The Balaban J connectivity index is 3.12. The van der Waals surface area contributed by atoms with Crippen LogP contribution in [0.15, 0.2) is 11.5 Å². The van der Waals surface area contributed by atoms with Crippen molar-refractivity contribution in [2.45, 2.75) is 30.3 Å². The summed E-state index contributed by atoms with van der Waals surface area (Å²) in [5.41, 5.74) is -2.41. The Morgan fingerprint density at radius 3 is 2.13 bits per heavy atom. The third kappa shape index (κ3) is 1.67. The predicted octanol–water partition coefficient (Wildman–Crippen LogP) is -1.50. The summed E-state index contributed by atoms with van der Waals surface area (Å²) in [7, 11) is 0. The molecule has 3 unspecified atom stereocenters. The van der Waals surface area contributed by atoms with Crippen LogP contribution < -0.4 is 0 Å². The second-order valence-electron chi connectivity index (χ2n) is 3.49. The van der Waals surface area contributed by atoms with Crippen molar-refractivity contribution in [3.05, 3.63) is 11.5 Å². The van der Waals surface area contributed by atoms with Crippen LogP contribution in [0.25, 0.3) is 0 Å². The third-order valence-electron chi connectivity index (χ3n) is 2.58. The van der Waals surface area contributed by atoms with Crippen molar-refractivity contribution in [3.63, 3.8) is 0 Å². The molecule has 0 saturated carbocycles. The molecule has 0 aliphatic heterocycles. The van der Waals surface area contributed by atoms with Crippen molar-refractivity contribution in [1.29, 1.82) is 0 Å². The van der Waals surface area contributed by atoms with Crippen LogP contribution in [-0.4, -0.2) is 61.2 Å². The summed E-state index contributed by atoms with van der Waals surface area (Å²) in [6.07, 6.45) is -6.64. The van der Waals surface area contributed by atoms with Gasteiger partial charge in [-0.15, -0.1) is 0 Å². The van der Waals surface area contributed by atoms with E-state index in [-0.39, 0.29) is 0 Å². The van der Waals surface area contributed by atoms with E-state index in [1.165, 1.54) is 0 Å². The van der Waals surface area contributed by atoms with Gasteiger partial charge in [-0.1, -0.05) is 0 Å². The molecule has 15 heavy (non-hydrogen) atoms. The molecule has 1 aliphatic rings. The second-order valence-corrected chi connectivity index (χ2v) is 3.49. The van der Waals surface area contributed by atoms with Crippen molar-refractivity contribution in [2.75, 3.05) is 6.67 Å². The fourth-order valence-corrected chi connectivity index (χ4v) is 1.55. The Kier molecular flexibility index (Phi) is 3.19. The summed E-state index contributed by atoms with van der Waals surface area (Å²) in [6, 6.07) is 0. The molecule has 4 atom stereocenters. The van der Waals surface area contributed by atoms with Crippen LogP contribution in [-0.2, 0) is 0 Å². The molecular weight excluding hydrogens is 211 g/mol. The molecule has 0 heterocycles. The Morgan fingerprint density at radius 1 is 1.13 bits per heavy atom. The van der Waals surface area contributed by atoms with E-state index >= 15 is 0 Å². The number of alkyl halides is 1. The summed E-state index contributed by atoms with van der Waals surface area (Å²) in [5, 5.41) is 55.7. The molecule has 0 amide bonds. The van der Waals surface area contributed by atoms with Crippen LogP contribution in [0.1, 0.15) is 6.42 Å². The number of hydrogen-bond acceptors (Lipinski definition) is 6. The molecule has 0 aromatic heterocycles. The topological polar surface area (TPSA) is 121 Å². The zero-order chi connectivity index (χ0) is 11.8. The predicted molar refractivity (Wildman–Crippen MR) is 45.8 cm³/mol. The lowest BCUT2D eigenvalue weighted by molar-refractivity contribution is -0.192. The lowest BCUT2D eigenvalue weighted by Crippen LogP contribution is -2.61. The first-order valence-corrected chi connectivity index (χ1v) is 4.30. The summed E-state index contributed by atoms with van der Waals surface area (Å²) in [6.45, 7) is -1.06. The normalized spacial score (nSPS) is 42.1. The van der Waals surface area contributed by atoms with Crippen molar-refractivity contribution in [3.8, 4) is 0 Å². The average Bonchev–Trinajstić information content (AvgIpc) is 2.22. The quantitative estimate of drug-likeness (QED) is 0.339. The molecule has 1 rings (SSSR count).